The zero-order valence-corrected chi connectivity index (χ0v) is 16.8. The zero-order chi connectivity index (χ0) is 19.7. The molecule has 140 valence electrons. The van der Waals surface area contributed by atoms with Crippen LogP contribution in [0.5, 0.6) is 0 Å². The number of hydrogen-bond donors (Lipinski definition) is 1. The summed E-state index contributed by atoms with van der Waals surface area (Å²) in [7, 11) is 0. The highest BCUT2D eigenvalue weighted by molar-refractivity contribution is 7.13. The molecule has 1 N–H and O–H groups in total. The average Bonchev–Trinajstić information content (AvgIpc) is 3.16. The normalized spacial score (nSPS) is 11.8. The van der Waals surface area contributed by atoms with Crippen molar-refractivity contribution in [2.45, 2.75) is 13.8 Å². The van der Waals surface area contributed by atoms with Crippen molar-refractivity contribution in [3.05, 3.63) is 81.3 Å². The minimum absolute atomic E-state index is 0.232. The van der Waals surface area contributed by atoms with E-state index in [1.165, 1.54) is 11.3 Å². The second-order valence-electron chi connectivity index (χ2n) is 6.34. The van der Waals surface area contributed by atoms with Crippen LogP contribution in [0.2, 0.25) is 5.02 Å². The van der Waals surface area contributed by atoms with Gasteiger partial charge in [0.1, 0.15) is 11.1 Å². The van der Waals surface area contributed by atoms with Gasteiger partial charge in [-0.05, 0) is 49.7 Å². The van der Waals surface area contributed by atoms with Gasteiger partial charge in [0.2, 0.25) is 5.55 Å². The van der Waals surface area contributed by atoms with E-state index in [0.717, 1.165) is 22.2 Å². The maximum absolute atomic E-state index is 12.9. The van der Waals surface area contributed by atoms with Gasteiger partial charge in [0.05, 0.1) is 5.69 Å². The largest absolute Gasteiger partial charge is 0.438 e. The summed E-state index contributed by atoms with van der Waals surface area (Å²) in [4.78, 5) is 21.6. The Morgan fingerprint density at radius 2 is 2.04 bits per heavy atom. The minimum atomic E-state index is -0.343. The molecule has 0 atom stereocenters. The average molecular weight is 410 g/mol. The summed E-state index contributed by atoms with van der Waals surface area (Å²) < 4.78 is 5.97. The lowest BCUT2D eigenvalue weighted by Crippen LogP contribution is -2.21. The Kier molecular flexibility index (Phi) is 4.98. The number of nitrogens with zero attached hydrogens (tertiary/aromatic N) is 2. The van der Waals surface area contributed by atoms with E-state index in [9.17, 15) is 4.79 Å². The fraction of sp³-hybridized carbons (Fsp3) is 0.0952. The predicted molar refractivity (Wildman–Crippen MR) is 112 cm³/mol. The number of carbonyl (C=O) groups is 1. The molecule has 28 heavy (non-hydrogen) atoms. The summed E-state index contributed by atoms with van der Waals surface area (Å²) in [5, 5.41) is 6.37. The molecule has 0 radical (unpaired) electrons. The van der Waals surface area contributed by atoms with E-state index in [4.69, 9.17) is 16.0 Å². The Morgan fingerprint density at radius 3 is 2.79 bits per heavy atom. The van der Waals surface area contributed by atoms with Gasteiger partial charge in [-0.2, -0.15) is 0 Å². The molecule has 0 fully saturated rings. The van der Waals surface area contributed by atoms with Crippen molar-refractivity contribution >= 4 is 50.6 Å². The smallest absolute Gasteiger partial charge is 0.262 e. The molecule has 0 aliphatic carbocycles. The second kappa shape index (κ2) is 7.58. The molecule has 0 saturated heterocycles. The number of amides is 1. The van der Waals surface area contributed by atoms with E-state index >= 15 is 0 Å². The van der Waals surface area contributed by atoms with Crippen LogP contribution in [0, 0.1) is 13.8 Å². The third-order valence-corrected chi connectivity index (χ3v) is 5.10. The van der Waals surface area contributed by atoms with E-state index < -0.39 is 0 Å². The Balaban J connectivity index is 1.90. The Labute approximate surface area is 170 Å². The number of hydrogen-bond acceptors (Lipinski definition) is 5. The highest BCUT2D eigenvalue weighted by atomic mass is 35.5. The first-order valence-electron chi connectivity index (χ1n) is 8.56. The number of fused-ring (bicyclic) bond motifs is 1. The van der Waals surface area contributed by atoms with Crippen molar-refractivity contribution in [3.8, 4) is 0 Å². The summed E-state index contributed by atoms with van der Waals surface area (Å²) in [6.07, 6.45) is 1.63. The first-order chi connectivity index (χ1) is 13.5. The summed E-state index contributed by atoms with van der Waals surface area (Å²) in [5.41, 5.74) is 4.02. The number of aryl methyl sites for hydroxylation is 2. The van der Waals surface area contributed by atoms with Crippen LogP contribution in [0.3, 0.4) is 0 Å². The third kappa shape index (κ3) is 3.83. The summed E-state index contributed by atoms with van der Waals surface area (Å²) in [6, 6.07) is 12.9. The standard InChI is InChI=1S/C21H16ClN3O2S/c1-12-3-5-17(13(2)9-12)24-20-16(19(26)25-21-23-7-8-28-21)11-14-10-15(22)4-6-18(14)27-20/h3-11H,1-2H3,(H,23,25,26). The monoisotopic (exact) mass is 409 g/mol. The molecular weight excluding hydrogens is 394 g/mol. The maximum atomic E-state index is 12.9. The van der Waals surface area contributed by atoms with E-state index in [0.29, 0.717) is 21.3 Å². The first kappa shape index (κ1) is 18.4. The van der Waals surface area contributed by atoms with Gasteiger partial charge in [0, 0.05) is 22.0 Å². The van der Waals surface area contributed by atoms with Gasteiger partial charge in [-0.1, -0.05) is 29.3 Å². The lowest BCUT2D eigenvalue weighted by molar-refractivity contribution is 0.102. The van der Waals surface area contributed by atoms with Crippen molar-refractivity contribution < 1.29 is 9.21 Å². The highest BCUT2D eigenvalue weighted by Crippen LogP contribution is 2.22. The third-order valence-electron chi connectivity index (χ3n) is 4.18. The predicted octanol–water partition coefficient (Wildman–Crippen LogP) is 5.64. The molecular formula is C21H16ClN3O2S. The molecule has 5 nitrogen and oxygen atoms in total. The molecule has 4 rings (SSSR count). The van der Waals surface area contributed by atoms with E-state index in [1.807, 2.05) is 32.0 Å². The van der Waals surface area contributed by atoms with Crippen LogP contribution in [-0.4, -0.2) is 10.9 Å². The number of anilines is 1. The van der Waals surface area contributed by atoms with Crippen molar-refractivity contribution in [1.82, 2.24) is 4.98 Å². The summed E-state index contributed by atoms with van der Waals surface area (Å²) in [5.74, 6) is -0.343. The van der Waals surface area contributed by atoms with Crippen LogP contribution in [-0.2, 0) is 0 Å². The van der Waals surface area contributed by atoms with Gasteiger partial charge in [0.15, 0.2) is 5.13 Å². The maximum Gasteiger partial charge on any atom is 0.262 e. The van der Waals surface area contributed by atoms with Crippen molar-refractivity contribution in [3.63, 3.8) is 0 Å². The van der Waals surface area contributed by atoms with Gasteiger partial charge < -0.3 is 4.42 Å². The molecule has 0 bridgehead atoms. The molecule has 7 heteroatoms. The van der Waals surface area contributed by atoms with Crippen molar-refractivity contribution in [1.29, 1.82) is 0 Å². The Morgan fingerprint density at radius 1 is 1.18 bits per heavy atom. The van der Waals surface area contributed by atoms with Crippen LogP contribution in [0.25, 0.3) is 11.0 Å². The van der Waals surface area contributed by atoms with Gasteiger partial charge in [-0.25, -0.2) is 9.98 Å². The zero-order valence-electron chi connectivity index (χ0n) is 15.2. The molecule has 0 aliphatic rings. The quantitative estimate of drug-likeness (QED) is 0.475. The number of benzene rings is 2. The Bertz CT molecular complexity index is 1250. The number of rotatable bonds is 3. The first-order valence-corrected chi connectivity index (χ1v) is 9.81. The molecule has 2 heterocycles. The van der Waals surface area contributed by atoms with Crippen molar-refractivity contribution in [2.24, 2.45) is 4.99 Å². The molecule has 2 aromatic heterocycles. The summed E-state index contributed by atoms with van der Waals surface area (Å²) in [6.45, 7) is 4.00. The van der Waals surface area contributed by atoms with Crippen LogP contribution < -0.4 is 10.9 Å². The fourth-order valence-electron chi connectivity index (χ4n) is 2.84. The molecule has 1 amide bonds. The summed E-state index contributed by atoms with van der Waals surface area (Å²) >= 11 is 7.44. The van der Waals surface area contributed by atoms with E-state index in [-0.39, 0.29) is 11.5 Å². The number of nitrogens with one attached hydrogen (secondary N) is 1. The van der Waals surface area contributed by atoms with Crippen LogP contribution >= 0.6 is 22.9 Å². The number of thiazole rings is 1. The molecule has 2 aromatic carbocycles. The lowest BCUT2D eigenvalue weighted by atomic mass is 10.1. The SMILES string of the molecule is Cc1ccc(N=c2oc3ccc(Cl)cc3cc2C(=O)Nc2nccs2)c(C)c1. The van der Waals surface area contributed by atoms with Gasteiger partial charge >= 0.3 is 0 Å². The van der Waals surface area contributed by atoms with Gasteiger partial charge in [-0.15, -0.1) is 11.3 Å². The number of carbonyl (C=O) groups excluding carboxylic acids is 1. The topological polar surface area (TPSA) is 67.5 Å². The van der Waals surface area contributed by atoms with E-state index in [1.54, 1.807) is 35.8 Å². The molecule has 0 spiro atoms. The number of halogens is 1. The van der Waals surface area contributed by atoms with Gasteiger partial charge in [-0.3, -0.25) is 10.1 Å². The van der Waals surface area contributed by atoms with Crippen LogP contribution in [0.15, 0.2) is 63.5 Å². The Hall–Kier alpha value is -2.96. The number of aromatic nitrogens is 1. The lowest BCUT2D eigenvalue weighted by Gasteiger charge is -2.06. The van der Waals surface area contributed by atoms with Crippen LogP contribution in [0.4, 0.5) is 10.8 Å². The molecule has 0 saturated carbocycles. The second-order valence-corrected chi connectivity index (χ2v) is 7.67. The molecule has 4 aromatic rings. The van der Waals surface area contributed by atoms with E-state index in [2.05, 4.69) is 15.3 Å². The molecule has 0 aliphatic heterocycles. The van der Waals surface area contributed by atoms with Crippen molar-refractivity contribution in [2.75, 3.05) is 5.32 Å². The molecule has 0 unspecified atom stereocenters. The fourth-order valence-corrected chi connectivity index (χ4v) is 3.54. The van der Waals surface area contributed by atoms with Crippen LogP contribution in [0.1, 0.15) is 21.5 Å². The van der Waals surface area contributed by atoms with Gasteiger partial charge in [0.25, 0.3) is 5.91 Å². The highest BCUT2D eigenvalue weighted by Gasteiger charge is 2.14. The minimum Gasteiger partial charge on any atom is -0.438 e.